The van der Waals surface area contributed by atoms with Gasteiger partial charge in [0, 0.05) is 6.54 Å². The van der Waals surface area contributed by atoms with Crippen LogP contribution in [0.4, 0.5) is 4.79 Å². The third-order valence-corrected chi connectivity index (χ3v) is 6.53. The first-order chi connectivity index (χ1) is 17.9. The van der Waals surface area contributed by atoms with E-state index in [2.05, 4.69) is 16.0 Å². The molecule has 2 aromatic rings. The highest BCUT2D eigenvalue weighted by atomic mass is 31.2. The first kappa shape index (κ1) is 30.5. The van der Waals surface area contributed by atoms with E-state index >= 15 is 0 Å². The second kappa shape index (κ2) is 14.3. The molecule has 2 aromatic carbocycles. The molecule has 0 bridgehead atoms. The summed E-state index contributed by atoms with van der Waals surface area (Å²) in [7, 11) is -4.54. The summed E-state index contributed by atoms with van der Waals surface area (Å²) in [6.45, 7) is 3.59. The molecule has 0 heterocycles. The third-order valence-electron chi connectivity index (χ3n) is 5.39. The zero-order chi connectivity index (χ0) is 28.3. The van der Waals surface area contributed by atoms with E-state index in [4.69, 9.17) is 14.5 Å². The smallest absolute Gasteiger partial charge is 0.410 e. The Morgan fingerprint density at radius 3 is 1.87 bits per heavy atom. The number of rotatable bonds is 12. The lowest BCUT2D eigenvalue weighted by Gasteiger charge is -2.24. The van der Waals surface area contributed by atoms with Crippen molar-refractivity contribution < 1.29 is 38.3 Å². The minimum Gasteiger partial charge on any atom is -0.445 e. The van der Waals surface area contributed by atoms with Gasteiger partial charge in [-0.15, -0.1) is 0 Å². The number of hydrogen-bond acceptors (Lipinski definition) is 6. The van der Waals surface area contributed by atoms with Gasteiger partial charge in [0.2, 0.25) is 17.7 Å². The quantitative estimate of drug-likeness (QED) is 0.248. The van der Waals surface area contributed by atoms with Crippen LogP contribution in [-0.2, 0) is 36.8 Å². The molecule has 0 saturated heterocycles. The van der Waals surface area contributed by atoms with Crippen molar-refractivity contribution in [1.82, 2.24) is 20.9 Å². The molecule has 4 amide bonds. The second-order valence-electron chi connectivity index (χ2n) is 8.67. The molecule has 0 spiro atoms. The predicted octanol–water partition coefficient (Wildman–Crippen LogP) is 1.47. The lowest BCUT2D eigenvalue weighted by Crippen LogP contribution is -2.53. The number of amides is 4. The van der Waals surface area contributed by atoms with Crippen LogP contribution in [0, 0.1) is 0 Å². The van der Waals surface area contributed by atoms with Crippen molar-refractivity contribution in [3.05, 3.63) is 71.8 Å². The molecule has 0 unspecified atom stereocenters. The number of nitrogens with one attached hydrogen (secondary N) is 3. The van der Waals surface area contributed by atoms with E-state index in [9.17, 15) is 23.7 Å². The average molecular weight is 549 g/mol. The van der Waals surface area contributed by atoms with Gasteiger partial charge in [-0.05, 0) is 31.9 Å². The third kappa shape index (κ3) is 10.3. The molecule has 2 rings (SSSR count). The van der Waals surface area contributed by atoms with Crippen molar-refractivity contribution in [2.75, 3.05) is 6.54 Å². The van der Waals surface area contributed by atoms with Crippen LogP contribution >= 0.6 is 7.60 Å². The molecule has 0 aliphatic heterocycles. The highest BCUT2D eigenvalue weighted by Crippen LogP contribution is 2.39. The fourth-order valence-corrected chi connectivity index (χ4v) is 3.44. The molecule has 0 fully saturated rings. The van der Waals surface area contributed by atoms with Gasteiger partial charge < -0.3 is 30.5 Å². The van der Waals surface area contributed by atoms with E-state index in [1.807, 2.05) is 24.3 Å². The normalized spacial score (nSPS) is 13.4. The molecular formula is C25H33N4O8P. The lowest BCUT2D eigenvalue weighted by molar-refractivity contribution is -0.131. The Morgan fingerprint density at radius 1 is 0.816 bits per heavy atom. The molecule has 0 aliphatic carbocycles. The number of carbonyl (C=O) groups excluding carboxylic acids is 4. The van der Waals surface area contributed by atoms with Crippen molar-refractivity contribution in [3.8, 4) is 0 Å². The summed E-state index contributed by atoms with van der Waals surface area (Å²) in [6, 6.07) is 15.9. The Morgan fingerprint density at radius 2 is 1.32 bits per heavy atom. The number of nitrogens with zero attached hydrogens (tertiary/aromatic N) is 1. The molecule has 206 valence electrons. The van der Waals surface area contributed by atoms with Gasteiger partial charge in [0.05, 0.1) is 0 Å². The Kier molecular flexibility index (Phi) is 11.5. The Hall–Kier alpha value is -3.73. The Labute approximate surface area is 220 Å². The van der Waals surface area contributed by atoms with Gasteiger partial charge in [0.15, 0.2) is 0 Å². The van der Waals surface area contributed by atoms with Gasteiger partial charge in [-0.2, -0.15) is 0 Å². The van der Waals surface area contributed by atoms with Gasteiger partial charge in [0.25, 0.3) is 0 Å². The zero-order valence-corrected chi connectivity index (χ0v) is 22.3. The summed E-state index contributed by atoms with van der Waals surface area (Å²) in [5, 5.41) is 6.98. The molecule has 38 heavy (non-hydrogen) atoms. The topological polar surface area (TPSA) is 174 Å². The first-order valence-corrected chi connectivity index (χ1v) is 13.5. The van der Waals surface area contributed by atoms with Crippen LogP contribution in [0.25, 0.3) is 0 Å². The minimum absolute atomic E-state index is 0.0198. The van der Waals surface area contributed by atoms with Crippen LogP contribution < -0.4 is 16.0 Å². The van der Waals surface area contributed by atoms with Gasteiger partial charge in [-0.1, -0.05) is 60.7 Å². The summed E-state index contributed by atoms with van der Waals surface area (Å²) >= 11 is 0. The molecule has 13 heteroatoms. The molecule has 0 saturated carbocycles. The SMILES string of the molecule is C[C@H](NC(=O)CN(Cc1ccccc1)C(=O)OCc1ccccc1)C(=O)N[C@@H](C)C(=O)N[C@@H](C)P(=O)(O)O. The highest BCUT2D eigenvalue weighted by Gasteiger charge is 2.29. The van der Waals surface area contributed by atoms with Gasteiger partial charge in [-0.25, -0.2) is 4.79 Å². The number of benzene rings is 2. The summed E-state index contributed by atoms with van der Waals surface area (Å²) in [6.07, 6.45) is -0.713. The molecular weight excluding hydrogens is 515 g/mol. The minimum atomic E-state index is -4.54. The van der Waals surface area contributed by atoms with Gasteiger partial charge >= 0.3 is 13.7 Å². The molecule has 0 radical (unpaired) electrons. The van der Waals surface area contributed by atoms with Crippen LogP contribution in [0.3, 0.4) is 0 Å². The van der Waals surface area contributed by atoms with Gasteiger partial charge in [-0.3, -0.25) is 23.8 Å². The van der Waals surface area contributed by atoms with Crippen molar-refractivity contribution in [3.63, 3.8) is 0 Å². The molecule has 3 atom stereocenters. The zero-order valence-electron chi connectivity index (χ0n) is 21.4. The van der Waals surface area contributed by atoms with Crippen molar-refractivity contribution in [2.45, 2.75) is 51.8 Å². The van der Waals surface area contributed by atoms with Crippen LogP contribution in [0.1, 0.15) is 31.9 Å². The molecule has 0 aliphatic rings. The fourth-order valence-electron chi connectivity index (χ4n) is 3.14. The summed E-state index contributed by atoms with van der Waals surface area (Å²) in [4.78, 5) is 69.5. The van der Waals surface area contributed by atoms with Crippen LogP contribution in [0.15, 0.2) is 60.7 Å². The maximum Gasteiger partial charge on any atom is 0.410 e. The second-order valence-corrected chi connectivity index (χ2v) is 10.6. The average Bonchev–Trinajstić information content (AvgIpc) is 2.87. The maximum atomic E-state index is 12.8. The van der Waals surface area contributed by atoms with E-state index < -0.39 is 55.8 Å². The highest BCUT2D eigenvalue weighted by molar-refractivity contribution is 7.52. The lowest BCUT2D eigenvalue weighted by atomic mass is 10.2. The van der Waals surface area contributed by atoms with Crippen molar-refractivity contribution >= 4 is 31.4 Å². The molecule has 12 nitrogen and oxygen atoms in total. The van der Waals surface area contributed by atoms with Crippen LogP contribution in [0.5, 0.6) is 0 Å². The first-order valence-electron chi connectivity index (χ1n) is 11.8. The predicted molar refractivity (Wildman–Crippen MR) is 138 cm³/mol. The monoisotopic (exact) mass is 548 g/mol. The fraction of sp³-hybridized carbons (Fsp3) is 0.360. The van der Waals surface area contributed by atoms with Crippen LogP contribution in [0.2, 0.25) is 0 Å². The standard InChI is InChI=1S/C25H33N4O8P/c1-17(23(31)27-18(2)24(32)28-19(3)38(34,35)36)26-22(30)15-29(14-20-10-6-4-7-11-20)25(33)37-16-21-12-8-5-9-13-21/h4-13,17-19H,14-16H2,1-3H3,(H,26,30)(H,27,31)(H,28,32)(H2,34,35,36)/t17-,18-,19+/m0/s1. The summed E-state index contributed by atoms with van der Waals surface area (Å²) in [5.41, 5.74) is 1.55. The summed E-state index contributed by atoms with van der Waals surface area (Å²) < 4.78 is 16.6. The molecule has 0 aromatic heterocycles. The van der Waals surface area contributed by atoms with Gasteiger partial charge in [0.1, 0.15) is 31.0 Å². The number of hydrogen-bond donors (Lipinski definition) is 5. The van der Waals surface area contributed by atoms with Crippen LogP contribution in [-0.4, -0.2) is 62.9 Å². The largest absolute Gasteiger partial charge is 0.445 e. The molecule has 5 N–H and O–H groups in total. The van der Waals surface area contributed by atoms with E-state index in [0.717, 1.165) is 18.1 Å². The van der Waals surface area contributed by atoms with E-state index in [0.29, 0.717) is 0 Å². The Balaban J connectivity index is 1.96. The van der Waals surface area contributed by atoms with Crippen molar-refractivity contribution in [2.24, 2.45) is 0 Å². The van der Waals surface area contributed by atoms with Crippen molar-refractivity contribution in [1.29, 1.82) is 0 Å². The number of ether oxygens (including phenoxy) is 1. The van der Waals surface area contributed by atoms with E-state index in [1.165, 1.54) is 18.7 Å². The van der Waals surface area contributed by atoms with E-state index in [1.54, 1.807) is 36.4 Å². The maximum absolute atomic E-state index is 12.8. The Bertz CT molecular complexity index is 1140. The number of carbonyl (C=O) groups is 4. The van der Waals surface area contributed by atoms with E-state index in [-0.39, 0.29) is 13.2 Å². The summed E-state index contributed by atoms with van der Waals surface area (Å²) in [5.74, 6) is -3.56.